The highest BCUT2D eigenvalue weighted by molar-refractivity contribution is 5.77. The summed E-state index contributed by atoms with van der Waals surface area (Å²) in [6.45, 7) is 6.53. The maximum Gasteiger partial charge on any atom is 0.140 e. The molecule has 2 saturated heterocycles. The van der Waals surface area contributed by atoms with E-state index in [0.29, 0.717) is 5.92 Å². The first-order valence-corrected chi connectivity index (χ1v) is 8.66. The maximum absolute atomic E-state index is 5.54. The molecule has 4 heterocycles. The van der Waals surface area contributed by atoms with Gasteiger partial charge in [0.15, 0.2) is 0 Å². The van der Waals surface area contributed by atoms with Gasteiger partial charge in [-0.25, -0.2) is 4.98 Å². The smallest absolute Gasteiger partial charge is 0.140 e. The molecule has 0 bridgehead atoms. The Kier molecular flexibility index (Phi) is 4.13. The van der Waals surface area contributed by atoms with Crippen LogP contribution < -0.4 is 0 Å². The SMILES string of the molecule is c1cnc2c(c1)cc(C1CCOCC1)n2CCN1CCCC1. The molecule has 0 unspecified atom stereocenters. The van der Waals surface area contributed by atoms with Crippen LogP contribution in [0.5, 0.6) is 0 Å². The Balaban J connectivity index is 1.63. The fraction of sp³-hybridized carbons (Fsp3) is 0.611. The molecule has 22 heavy (non-hydrogen) atoms. The second kappa shape index (κ2) is 6.39. The average molecular weight is 299 g/mol. The number of rotatable bonds is 4. The molecule has 4 heteroatoms. The molecule has 2 fully saturated rings. The van der Waals surface area contributed by atoms with E-state index in [-0.39, 0.29) is 0 Å². The monoisotopic (exact) mass is 299 g/mol. The Morgan fingerprint density at radius 2 is 1.95 bits per heavy atom. The highest BCUT2D eigenvalue weighted by Crippen LogP contribution is 2.31. The lowest BCUT2D eigenvalue weighted by atomic mass is 9.96. The summed E-state index contributed by atoms with van der Waals surface area (Å²) in [5.41, 5.74) is 2.62. The number of aromatic nitrogens is 2. The normalized spacial score (nSPS) is 20.9. The van der Waals surface area contributed by atoms with Gasteiger partial charge in [-0.2, -0.15) is 0 Å². The van der Waals surface area contributed by atoms with E-state index in [1.807, 2.05) is 12.3 Å². The fourth-order valence-electron chi connectivity index (χ4n) is 3.92. The van der Waals surface area contributed by atoms with E-state index in [1.54, 1.807) is 0 Å². The summed E-state index contributed by atoms with van der Waals surface area (Å²) in [6.07, 6.45) is 6.91. The van der Waals surface area contributed by atoms with Gasteiger partial charge in [-0.05, 0) is 57.0 Å². The number of hydrogen-bond donors (Lipinski definition) is 0. The van der Waals surface area contributed by atoms with Gasteiger partial charge in [0.25, 0.3) is 0 Å². The lowest BCUT2D eigenvalue weighted by molar-refractivity contribution is 0.0837. The van der Waals surface area contributed by atoms with Crippen LogP contribution in [0.3, 0.4) is 0 Å². The molecule has 0 aromatic carbocycles. The Bertz CT molecular complexity index is 624. The molecule has 0 N–H and O–H groups in total. The van der Waals surface area contributed by atoms with Crippen molar-refractivity contribution in [2.75, 3.05) is 32.8 Å². The zero-order chi connectivity index (χ0) is 14.8. The van der Waals surface area contributed by atoms with Crippen LogP contribution in [0.15, 0.2) is 24.4 Å². The van der Waals surface area contributed by atoms with Crippen LogP contribution >= 0.6 is 0 Å². The van der Waals surface area contributed by atoms with E-state index in [4.69, 9.17) is 4.74 Å². The third-order valence-electron chi connectivity index (χ3n) is 5.17. The van der Waals surface area contributed by atoms with Crippen LogP contribution in [0.2, 0.25) is 0 Å². The van der Waals surface area contributed by atoms with Crippen molar-refractivity contribution in [2.45, 2.75) is 38.1 Å². The van der Waals surface area contributed by atoms with E-state index >= 15 is 0 Å². The third kappa shape index (κ3) is 2.77. The fourth-order valence-corrected chi connectivity index (χ4v) is 3.92. The molecule has 0 atom stereocenters. The molecule has 4 nitrogen and oxygen atoms in total. The van der Waals surface area contributed by atoms with Crippen LogP contribution in [0.1, 0.15) is 37.3 Å². The minimum absolute atomic E-state index is 0.626. The Hall–Kier alpha value is -1.39. The molecular formula is C18H25N3O. The molecule has 2 aromatic rings. The van der Waals surface area contributed by atoms with Gasteiger partial charge in [0.05, 0.1) is 0 Å². The van der Waals surface area contributed by atoms with Crippen LogP contribution in [-0.2, 0) is 11.3 Å². The Morgan fingerprint density at radius 1 is 1.14 bits per heavy atom. The standard InChI is InChI=1S/C18H25N3O/c1-2-9-20(8-1)10-11-21-17(15-5-12-22-13-6-15)14-16-4-3-7-19-18(16)21/h3-4,7,14-15H,1-2,5-6,8-13H2. The van der Waals surface area contributed by atoms with Crippen molar-refractivity contribution >= 4 is 11.0 Å². The van der Waals surface area contributed by atoms with Gasteiger partial charge in [0.2, 0.25) is 0 Å². The first-order chi connectivity index (χ1) is 10.9. The second-order valence-corrected chi connectivity index (χ2v) is 6.57. The van der Waals surface area contributed by atoms with E-state index in [1.165, 1.54) is 37.0 Å². The Morgan fingerprint density at radius 3 is 2.77 bits per heavy atom. The van der Waals surface area contributed by atoms with Crippen LogP contribution in [0, 0.1) is 0 Å². The second-order valence-electron chi connectivity index (χ2n) is 6.57. The highest BCUT2D eigenvalue weighted by atomic mass is 16.5. The molecule has 0 saturated carbocycles. The molecule has 118 valence electrons. The van der Waals surface area contributed by atoms with Crippen molar-refractivity contribution in [3.8, 4) is 0 Å². The molecule has 2 aliphatic rings. The predicted molar refractivity (Wildman–Crippen MR) is 88.2 cm³/mol. The first-order valence-electron chi connectivity index (χ1n) is 8.66. The van der Waals surface area contributed by atoms with Gasteiger partial charge in [-0.3, -0.25) is 0 Å². The number of hydrogen-bond acceptors (Lipinski definition) is 3. The summed E-state index contributed by atoms with van der Waals surface area (Å²) in [5.74, 6) is 0.626. The summed E-state index contributed by atoms with van der Waals surface area (Å²) in [5, 5.41) is 1.28. The quantitative estimate of drug-likeness (QED) is 0.869. The molecular weight excluding hydrogens is 274 g/mol. The van der Waals surface area contributed by atoms with Gasteiger partial charge < -0.3 is 14.2 Å². The molecule has 0 aliphatic carbocycles. The van der Waals surface area contributed by atoms with Gasteiger partial charge in [0.1, 0.15) is 5.65 Å². The molecule has 2 aromatic heterocycles. The lowest BCUT2D eigenvalue weighted by Crippen LogP contribution is -2.26. The van der Waals surface area contributed by atoms with Crippen molar-refractivity contribution in [2.24, 2.45) is 0 Å². The van der Waals surface area contributed by atoms with Gasteiger partial charge in [0, 0.05) is 49.5 Å². The van der Waals surface area contributed by atoms with Crippen molar-refractivity contribution in [1.29, 1.82) is 0 Å². The highest BCUT2D eigenvalue weighted by Gasteiger charge is 2.22. The maximum atomic E-state index is 5.54. The largest absolute Gasteiger partial charge is 0.381 e. The van der Waals surface area contributed by atoms with Gasteiger partial charge >= 0.3 is 0 Å². The number of likely N-dealkylation sites (tertiary alicyclic amines) is 1. The summed E-state index contributed by atoms with van der Waals surface area (Å²) in [6, 6.07) is 6.60. The molecule has 0 radical (unpaired) electrons. The zero-order valence-corrected chi connectivity index (χ0v) is 13.2. The predicted octanol–water partition coefficient (Wildman–Crippen LogP) is 3.03. The molecule has 4 rings (SSSR count). The number of pyridine rings is 1. The number of ether oxygens (including phenoxy) is 1. The van der Waals surface area contributed by atoms with Crippen molar-refractivity contribution < 1.29 is 4.74 Å². The van der Waals surface area contributed by atoms with Crippen molar-refractivity contribution in [1.82, 2.24) is 14.5 Å². The summed E-state index contributed by atoms with van der Waals surface area (Å²) in [4.78, 5) is 7.24. The van der Waals surface area contributed by atoms with Crippen LogP contribution in [0.4, 0.5) is 0 Å². The summed E-state index contributed by atoms with van der Waals surface area (Å²) < 4.78 is 8.02. The van der Waals surface area contributed by atoms with Crippen LogP contribution in [-0.4, -0.2) is 47.3 Å². The number of nitrogens with zero attached hydrogens (tertiary/aromatic N) is 3. The van der Waals surface area contributed by atoms with Gasteiger partial charge in [-0.15, -0.1) is 0 Å². The van der Waals surface area contributed by atoms with Crippen molar-refractivity contribution in [3.63, 3.8) is 0 Å². The van der Waals surface area contributed by atoms with Crippen molar-refractivity contribution in [3.05, 3.63) is 30.1 Å². The number of fused-ring (bicyclic) bond motifs is 1. The zero-order valence-electron chi connectivity index (χ0n) is 13.2. The third-order valence-corrected chi connectivity index (χ3v) is 5.17. The first kappa shape index (κ1) is 14.2. The van der Waals surface area contributed by atoms with E-state index in [0.717, 1.165) is 44.8 Å². The summed E-state index contributed by atoms with van der Waals surface area (Å²) >= 11 is 0. The minimum atomic E-state index is 0.626. The minimum Gasteiger partial charge on any atom is -0.381 e. The van der Waals surface area contributed by atoms with Crippen LogP contribution in [0.25, 0.3) is 11.0 Å². The van der Waals surface area contributed by atoms with E-state index in [9.17, 15) is 0 Å². The van der Waals surface area contributed by atoms with E-state index in [2.05, 4.69) is 26.6 Å². The molecule has 0 spiro atoms. The summed E-state index contributed by atoms with van der Waals surface area (Å²) in [7, 11) is 0. The Labute approximate surface area is 132 Å². The topological polar surface area (TPSA) is 30.3 Å². The lowest BCUT2D eigenvalue weighted by Gasteiger charge is -2.24. The molecule has 2 aliphatic heterocycles. The van der Waals surface area contributed by atoms with Gasteiger partial charge in [-0.1, -0.05) is 0 Å². The molecule has 0 amide bonds. The average Bonchev–Trinajstić information content (AvgIpc) is 3.21. The van der Waals surface area contributed by atoms with E-state index < -0.39 is 0 Å².